The van der Waals surface area contributed by atoms with Gasteiger partial charge in [0.25, 0.3) is 11.8 Å². The summed E-state index contributed by atoms with van der Waals surface area (Å²) >= 11 is 0.963. The number of carbonyl (C=O) groups excluding carboxylic acids is 3. The Morgan fingerprint density at radius 1 is 1.08 bits per heavy atom. The number of hydrogen-bond donors (Lipinski definition) is 1. The van der Waals surface area contributed by atoms with Gasteiger partial charge in [-0.25, -0.2) is 14.2 Å². The van der Waals surface area contributed by atoms with Crippen molar-refractivity contribution in [1.29, 1.82) is 0 Å². The van der Waals surface area contributed by atoms with Gasteiger partial charge in [0.05, 0.1) is 50.2 Å². The third-order valence-corrected chi connectivity index (χ3v) is 6.90. The molecule has 204 valence electrons. The maximum absolute atomic E-state index is 13.6. The second-order valence-corrected chi connectivity index (χ2v) is 9.26. The minimum absolute atomic E-state index is 0.0790. The highest BCUT2D eigenvalue weighted by atomic mass is 32.2. The average Bonchev–Trinajstić information content (AvgIpc) is 2.92. The maximum Gasteiger partial charge on any atom is 0.338 e. The van der Waals surface area contributed by atoms with Crippen molar-refractivity contribution in [2.45, 2.75) is 19.9 Å². The molecule has 2 aromatic carbocycles. The lowest BCUT2D eigenvalue weighted by Gasteiger charge is -2.38. The van der Waals surface area contributed by atoms with Crippen LogP contribution in [0.3, 0.4) is 0 Å². The second-order valence-electron chi connectivity index (χ2n) is 8.26. The molecule has 1 N–H and O–H groups in total. The van der Waals surface area contributed by atoms with Crippen molar-refractivity contribution >= 4 is 40.4 Å². The zero-order valence-corrected chi connectivity index (χ0v) is 22.7. The fourth-order valence-electron chi connectivity index (χ4n) is 4.18. The zero-order valence-electron chi connectivity index (χ0n) is 21.9. The lowest BCUT2D eigenvalue weighted by molar-refractivity contribution is -0.139. The van der Waals surface area contributed by atoms with E-state index in [-0.39, 0.29) is 22.3 Å². The first kappa shape index (κ1) is 27.7. The normalized spacial score (nSPS) is 16.6. The van der Waals surface area contributed by atoms with E-state index in [1.165, 1.54) is 50.5 Å². The molecule has 2 amide bonds. The Hall–Kier alpha value is -4.32. The first-order valence-electron chi connectivity index (χ1n) is 11.8. The van der Waals surface area contributed by atoms with E-state index in [9.17, 15) is 18.8 Å². The summed E-state index contributed by atoms with van der Waals surface area (Å²) in [7, 11) is 4.38. The zero-order chi connectivity index (χ0) is 28.3. The van der Waals surface area contributed by atoms with Crippen molar-refractivity contribution in [3.05, 3.63) is 70.0 Å². The number of aliphatic imine (C=N–C) groups is 1. The standard InChI is InChI=1S/C27H26FN3O7S/c1-6-38-26(34)22-14(2)29-27-31(23(22)15-11-18(35-3)24(37-5)19(12-15)36-4)21(32)13-20(39-27)25(33)30-17-9-7-16(28)8-10-17/h7-13,23H,6H2,1-5H3,(H,30,33). The van der Waals surface area contributed by atoms with Crippen LogP contribution in [-0.4, -0.2) is 55.8 Å². The number of nitrogens with one attached hydrogen (secondary N) is 1. The summed E-state index contributed by atoms with van der Waals surface area (Å²) in [6.45, 7) is 3.42. The number of allylic oxidation sites excluding steroid dienone is 1. The molecule has 0 saturated carbocycles. The molecule has 0 aliphatic carbocycles. The van der Waals surface area contributed by atoms with Gasteiger partial charge in [0.2, 0.25) is 5.75 Å². The van der Waals surface area contributed by atoms with E-state index in [4.69, 9.17) is 18.9 Å². The molecular weight excluding hydrogens is 529 g/mol. The van der Waals surface area contributed by atoms with Crippen LogP contribution in [-0.2, 0) is 19.1 Å². The van der Waals surface area contributed by atoms with E-state index in [1.807, 2.05) is 0 Å². The quantitative estimate of drug-likeness (QED) is 0.482. The van der Waals surface area contributed by atoms with Crippen molar-refractivity contribution in [3.8, 4) is 17.2 Å². The van der Waals surface area contributed by atoms with Gasteiger partial charge >= 0.3 is 5.97 Å². The van der Waals surface area contributed by atoms with Gasteiger partial charge in [-0.05, 0) is 67.6 Å². The van der Waals surface area contributed by atoms with E-state index in [0.29, 0.717) is 34.2 Å². The average molecular weight is 556 g/mol. The summed E-state index contributed by atoms with van der Waals surface area (Å²) < 4.78 is 35.0. The maximum atomic E-state index is 13.6. The summed E-state index contributed by atoms with van der Waals surface area (Å²) in [6, 6.07) is 7.55. The molecule has 10 nitrogen and oxygen atoms in total. The van der Waals surface area contributed by atoms with Crippen LogP contribution in [0, 0.1) is 5.82 Å². The molecule has 0 aromatic heterocycles. The Bertz CT molecular complexity index is 1390. The number of hydrogen-bond acceptors (Lipinski definition) is 9. The number of amidine groups is 1. The number of amides is 2. The topological polar surface area (TPSA) is 116 Å². The molecule has 0 radical (unpaired) electrons. The van der Waals surface area contributed by atoms with E-state index in [0.717, 1.165) is 17.8 Å². The molecular formula is C27H26FN3O7S. The molecule has 2 aromatic rings. The Balaban J connectivity index is 1.80. The smallest absolute Gasteiger partial charge is 0.338 e. The number of ether oxygens (including phenoxy) is 4. The van der Waals surface area contributed by atoms with Crippen molar-refractivity contribution in [1.82, 2.24) is 4.90 Å². The lowest BCUT2D eigenvalue weighted by Crippen LogP contribution is -2.45. The molecule has 0 saturated heterocycles. The lowest BCUT2D eigenvalue weighted by atomic mass is 9.93. The van der Waals surface area contributed by atoms with Crippen molar-refractivity contribution in [2.24, 2.45) is 4.99 Å². The second kappa shape index (κ2) is 11.6. The third kappa shape index (κ3) is 5.46. The van der Waals surface area contributed by atoms with Crippen LogP contribution in [0.15, 0.2) is 63.6 Å². The molecule has 0 fully saturated rings. The first-order chi connectivity index (χ1) is 18.7. The summed E-state index contributed by atoms with van der Waals surface area (Å²) in [5, 5.41) is 2.83. The number of carbonyl (C=O) groups is 3. The van der Waals surface area contributed by atoms with Gasteiger partial charge in [-0.1, -0.05) is 0 Å². The molecule has 1 atom stereocenters. The molecule has 4 rings (SSSR count). The third-order valence-electron chi connectivity index (χ3n) is 5.91. The minimum atomic E-state index is -0.969. The molecule has 2 aliphatic rings. The Kier molecular flexibility index (Phi) is 8.24. The monoisotopic (exact) mass is 555 g/mol. The van der Waals surface area contributed by atoms with Crippen molar-refractivity contribution in [2.75, 3.05) is 33.3 Å². The highest BCUT2D eigenvalue weighted by molar-refractivity contribution is 8.18. The van der Waals surface area contributed by atoms with Gasteiger partial charge in [-0.3, -0.25) is 14.5 Å². The molecule has 0 spiro atoms. The number of fused-ring (bicyclic) bond motifs is 1. The van der Waals surface area contributed by atoms with Crippen molar-refractivity contribution in [3.63, 3.8) is 0 Å². The van der Waals surface area contributed by atoms with E-state index in [1.54, 1.807) is 26.0 Å². The fourth-order valence-corrected chi connectivity index (χ4v) is 5.16. The molecule has 2 heterocycles. The van der Waals surface area contributed by atoms with Crippen LogP contribution in [0.2, 0.25) is 0 Å². The number of anilines is 1. The number of methoxy groups -OCH3 is 3. The molecule has 2 aliphatic heterocycles. The van der Waals surface area contributed by atoms with Crippen LogP contribution in [0.1, 0.15) is 25.5 Å². The van der Waals surface area contributed by atoms with Crippen LogP contribution >= 0.6 is 11.8 Å². The van der Waals surface area contributed by atoms with Crippen molar-refractivity contribution < 1.29 is 37.7 Å². The van der Waals surface area contributed by atoms with E-state index in [2.05, 4.69) is 10.3 Å². The van der Waals surface area contributed by atoms with Crippen LogP contribution < -0.4 is 19.5 Å². The highest BCUT2D eigenvalue weighted by Crippen LogP contribution is 2.46. The summed E-state index contributed by atoms with van der Waals surface area (Å²) in [6.07, 6.45) is 1.16. The Morgan fingerprint density at radius 2 is 1.72 bits per heavy atom. The molecule has 39 heavy (non-hydrogen) atoms. The van der Waals surface area contributed by atoms with Gasteiger partial charge in [0.15, 0.2) is 16.7 Å². The Labute approximate surface area is 228 Å². The molecule has 1 unspecified atom stereocenters. The first-order valence-corrected chi connectivity index (χ1v) is 12.6. The predicted octanol–water partition coefficient (Wildman–Crippen LogP) is 4.20. The molecule has 0 bridgehead atoms. The fraction of sp³-hybridized carbons (Fsp3) is 0.259. The highest BCUT2D eigenvalue weighted by Gasteiger charge is 2.43. The van der Waals surface area contributed by atoms with Crippen LogP contribution in [0.4, 0.5) is 10.1 Å². The molecule has 12 heteroatoms. The SMILES string of the molecule is CCOC(=O)C1=C(C)N=C2SC(C(=O)Nc3ccc(F)cc3)=CC(=O)N2C1c1cc(OC)c(OC)c(OC)c1. The number of thioether (sulfide) groups is 1. The number of benzene rings is 2. The number of rotatable bonds is 8. The van der Waals surface area contributed by atoms with Gasteiger partial charge in [-0.2, -0.15) is 0 Å². The van der Waals surface area contributed by atoms with E-state index < -0.39 is 29.6 Å². The number of esters is 1. The number of halogens is 1. The largest absolute Gasteiger partial charge is 0.493 e. The van der Waals surface area contributed by atoms with E-state index >= 15 is 0 Å². The summed E-state index contributed by atoms with van der Waals surface area (Å²) in [5.41, 5.74) is 1.30. The van der Waals surface area contributed by atoms with Gasteiger partial charge in [-0.15, -0.1) is 0 Å². The van der Waals surface area contributed by atoms with Gasteiger partial charge in [0, 0.05) is 11.8 Å². The summed E-state index contributed by atoms with van der Waals surface area (Å²) in [4.78, 5) is 45.5. The van der Waals surface area contributed by atoms with Crippen LogP contribution in [0.25, 0.3) is 0 Å². The van der Waals surface area contributed by atoms with Gasteiger partial charge < -0.3 is 24.3 Å². The van der Waals surface area contributed by atoms with Gasteiger partial charge in [0.1, 0.15) is 5.82 Å². The minimum Gasteiger partial charge on any atom is -0.493 e. The predicted molar refractivity (Wildman–Crippen MR) is 143 cm³/mol. The Morgan fingerprint density at radius 3 is 2.28 bits per heavy atom. The summed E-state index contributed by atoms with van der Waals surface area (Å²) in [5.74, 6) is -1.25. The van der Waals surface area contributed by atoms with Crippen LogP contribution in [0.5, 0.6) is 17.2 Å². The number of nitrogens with zero attached hydrogens (tertiary/aromatic N) is 2.